The van der Waals surface area contributed by atoms with E-state index in [1.165, 1.54) is 0 Å². The Morgan fingerprint density at radius 3 is 2.19 bits per heavy atom. The van der Waals surface area contributed by atoms with Crippen molar-refractivity contribution in [3.05, 3.63) is 77.9 Å². The van der Waals surface area contributed by atoms with Crippen molar-refractivity contribution in [3.63, 3.8) is 0 Å². The van der Waals surface area contributed by atoms with Gasteiger partial charge in [-0.05, 0) is 41.5 Å². The molecule has 1 N–H and O–H groups in total. The number of halogens is 3. The lowest BCUT2D eigenvalue weighted by molar-refractivity contribution is -0.115. The first kappa shape index (κ1) is 20.9. The van der Waals surface area contributed by atoms with Crippen molar-refractivity contribution in [2.45, 2.75) is 6.18 Å². The number of methoxy groups -OCH3 is 1. The second kappa shape index (κ2) is 8.81. The summed E-state index contributed by atoms with van der Waals surface area (Å²) in [6.07, 6.45) is -0.347. The Hall–Kier alpha value is -3.32. The maximum Gasteiger partial charge on any atom is 0.405 e. The van der Waals surface area contributed by atoms with Gasteiger partial charge in [-0.3, -0.25) is 0 Å². The van der Waals surface area contributed by atoms with Crippen LogP contribution in [-0.2, 0) is 0 Å². The van der Waals surface area contributed by atoms with E-state index in [2.05, 4.69) is 10.3 Å². The fourth-order valence-corrected chi connectivity index (χ4v) is 4.00. The first-order chi connectivity index (χ1) is 14.9. The number of hydrogen-bond donors (Lipinski definition) is 1. The van der Waals surface area contributed by atoms with Gasteiger partial charge >= 0.3 is 6.18 Å². The third-order valence-electron chi connectivity index (χ3n) is 4.63. The molecule has 0 spiro atoms. The minimum atomic E-state index is -4.23. The van der Waals surface area contributed by atoms with Crippen molar-refractivity contribution in [2.24, 2.45) is 0 Å². The fraction of sp³-hybridized carbons (Fsp3) is 0.125. The van der Waals surface area contributed by atoms with Crippen LogP contribution in [0, 0.1) is 0 Å². The number of ether oxygens (including phenoxy) is 1. The lowest BCUT2D eigenvalue weighted by Crippen LogP contribution is -2.21. The minimum Gasteiger partial charge on any atom is -0.497 e. The molecule has 0 bridgehead atoms. The van der Waals surface area contributed by atoms with Gasteiger partial charge in [0.15, 0.2) is 0 Å². The number of thiazole rings is 1. The Balaban J connectivity index is 1.43. The van der Waals surface area contributed by atoms with E-state index in [0.29, 0.717) is 5.69 Å². The molecule has 0 amide bonds. The summed E-state index contributed by atoms with van der Waals surface area (Å²) in [7, 11) is 1.65. The molecule has 3 aromatic carbocycles. The quantitative estimate of drug-likeness (QED) is 0.324. The number of rotatable bonds is 6. The van der Waals surface area contributed by atoms with Crippen molar-refractivity contribution in [3.8, 4) is 16.3 Å². The molecule has 0 atom stereocenters. The zero-order chi connectivity index (χ0) is 21.8. The van der Waals surface area contributed by atoms with Crippen molar-refractivity contribution in [1.29, 1.82) is 0 Å². The molecule has 1 aromatic heterocycles. The lowest BCUT2D eigenvalue weighted by Gasteiger charge is -2.09. The predicted octanol–water partition coefficient (Wildman–Crippen LogP) is 7.12. The normalized spacial score (nSPS) is 11.9. The van der Waals surface area contributed by atoms with Crippen molar-refractivity contribution < 1.29 is 17.9 Å². The van der Waals surface area contributed by atoms with Crippen LogP contribution in [0.4, 0.5) is 18.9 Å². The SMILES string of the molecule is COc1ccc2nc(-c3ccc(C=Cc4ccc(NCC(F)(F)F)cc4)cc3)sc2c1. The summed E-state index contributed by atoms with van der Waals surface area (Å²) in [6.45, 7) is -1.04. The number of alkyl halides is 3. The van der Waals surface area contributed by atoms with Gasteiger partial charge in [-0.2, -0.15) is 13.2 Å². The van der Waals surface area contributed by atoms with Crippen LogP contribution in [-0.4, -0.2) is 24.8 Å². The van der Waals surface area contributed by atoms with Crippen LogP contribution in [0.1, 0.15) is 11.1 Å². The highest BCUT2D eigenvalue weighted by Crippen LogP contribution is 2.32. The molecule has 1 heterocycles. The third kappa shape index (κ3) is 5.44. The molecule has 7 heteroatoms. The fourth-order valence-electron chi connectivity index (χ4n) is 3.00. The lowest BCUT2D eigenvalue weighted by atomic mass is 10.1. The van der Waals surface area contributed by atoms with Gasteiger partial charge in [-0.15, -0.1) is 11.3 Å². The zero-order valence-electron chi connectivity index (χ0n) is 16.6. The van der Waals surface area contributed by atoms with Crippen LogP contribution < -0.4 is 10.1 Å². The van der Waals surface area contributed by atoms with E-state index in [0.717, 1.165) is 37.7 Å². The van der Waals surface area contributed by atoms with E-state index >= 15 is 0 Å². The number of hydrogen-bond acceptors (Lipinski definition) is 4. The van der Waals surface area contributed by atoms with Gasteiger partial charge in [0.1, 0.15) is 17.3 Å². The summed E-state index contributed by atoms with van der Waals surface area (Å²) in [5.74, 6) is 0.812. The molecule has 158 valence electrons. The molecule has 0 aliphatic rings. The Labute approximate surface area is 181 Å². The van der Waals surface area contributed by atoms with Crippen LogP contribution >= 0.6 is 11.3 Å². The highest BCUT2D eigenvalue weighted by Gasteiger charge is 2.26. The highest BCUT2D eigenvalue weighted by atomic mass is 32.1. The molecule has 3 nitrogen and oxygen atoms in total. The maximum absolute atomic E-state index is 12.3. The summed E-state index contributed by atoms with van der Waals surface area (Å²) < 4.78 is 43.2. The van der Waals surface area contributed by atoms with Gasteiger partial charge in [0, 0.05) is 11.3 Å². The van der Waals surface area contributed by atoms with Gasteiger partial charge < -0.3 is 10.1 Å². The Morgan fingerprint density at radius 1 is 0.935 bits per heavy atom. The van der Waals surface area contributed by atoms with Crippen LogP contribution in [0.5, 0.6) is 5.75 Å². The molecule has 0 aliphatic heterocycles. The molecule has 0 saturated heterocycles. The third-order valence-corrected chi connectivity index (χ3v) is 5.69. The van der Waals surface area contributed by atoms with Gasteiger partial charge in [0.25, 0.3) is 0 Å². The average Bonchev–Trinajstić information content (AvgIpc) is 3.20. The first-order valence-corrected chi connectivity index (χ1v) is 10.3. The molecule has 31 heavy (non-hydrogen) atoms. The summed E-state index contributed by atoms with van der Waals surface area (Å²) in [6, 6.07) is 20.7. The van der Waals surface area contributed by atoms with E-state index in [9.17, 15) is 13.2 Å². The van der Waals surface area contributed by atoms with Crippen molar-refractivity contribution >= 4 is 39.4 Å². The molecule has 0 radical (unpaired) electrons. The molecule has 0 unspecified atom stereocenters. The van der Waals surface area contributed by atoms with Crippen molar-refractivity contribution in [1.82, 2.24) is 4.98 Å². The minimum absolute atomic E-state index is 0.437. The summed E-state index contributed by atoms with van der Waals surface area (Å²) in [5.41, 5.74) is 4.34. The molecular weight excluding hydrogens is 421 g/mol. The topological polar surface area (TPSA) is 34.1 Å². The molecule has 4 rings (SSSR count). The van der Waals surface area contributed by atoms with E-state index < -0.39 is 12.7 Å². The summed E-state index contributed by atoms with van der Waals surface area (Å²) >= 11 is 1.62. The van der Waals surface area contributed by atoms with E-state index in [1.54, 1.807) is 42.7 Å². The van der Waals surface area contributed by atoms with E-state index in [1.807, 2.05) is 54.6 Å². The largest absolute Gasteiger partial charge is 0.497 e. The zero-order valence-corrected chi connectivity index (χ0v) is 17.4. The summed E-state index contributed by atoms with van der Waals surface area (Å²) in [5, 5.41) is 3.31. The number of aromatic nitrogens is 1. The van der Waals surface area contributed by atoms with Gasteiger partial charge in [0.2, 0.25) is 0 Å². The maximum atomic E-state index is 12.3. The number of nitrogens with one attached hydrogen (secondary N) is 1. The van der Waals surface area contributed by atoms with Gasteiger partial charge in [-0.1, -0.05) is 48.6 Å². The van der Waals surface area contributed by atoms with Crippen LogP contribution in [0.25, 0.3) is 32.9 Å². The van der Waals surface area contributed by atoms with Crippen LogP contribution in [0.15, 0.2) is 66.7 Å². The smallest absolute Gasteiger partial charge is 0.405 e. The van der Waals surface area contributed by atoms with Crippen LogP contribution in [0.2, 0.25) is 0 Å². The average molecular weight is 440 g/mol. The van der Waals surface area contributed by atoms with Crippen molar-refractivity contribution in [2.75, 3.05) is 19.0 Å². The Bertz CT molecular complexity index is 1200. The summed E-state index contributed by atoms with van der Waals surface area (Å²) in [4.78, 5) is 4.69. The molecule has 4 aromatic rings. The molecular formula is C24H19F3N2OS. The molecule has 0 aliphatic carbocycles. The van der Waals surface area contributed by atoms with Crippen LogP contribution in [0.3, 0.4) is 0 Å². The van der Waals surface area contributed by atoms with Gasteiger partial charge in [-0.25, -0.2) is 4.98 Å². The number of benzene rings is 3. The second-order valence-corrected chi connectivity index (χ2v) is 7.93. The highest BCUT2D eigenvalue weighted by molar-refractivity contribution is 7.21. The number of fused-ring (bicyclic) bond motifs is 1. The monoisotopic (exact) mass is 440 g/mol. The second-order valence-electron chi connectivity index (χ2n) is 6.90. The Kier molecular flexibility index (Phi) is 5.95. The predicted molar refractivity (Wildman–Crippen MR) is 122 cm³/mol. The van der Waals surface area contributed by atoms with E-state index in [-0.39, 0.29) is 0 Å². The first-order valence-electron chi connectivity index (χ1n) is 9.53. The van der Waals surface area contributed by atoms with E-state index in [4.69, 9.17) is 4.74 Å². The number of nitrogens with zero attached hydrogens (tertiary/aromatic N) is 1. The van der Waals surface area contributed by atoms with Gasteiger partial charge in [0.05, 0.1) is 17.3 Å². The Morgan fingerprint density at radius 2 is 1.58 bits per heavy atom. The standard InChI is InChI=1S/C24H19F3N2OS/c1-30-20-12-13-21-22(14-20)31-23(29-21)18-8-4-16(5-9-18)2-3-17-6-10-19(11-7-17)28-15-24(25,26)27/h2-14,28H,15H2,1H3. The number of anilines is 1. The molecule has 0 saturated carbocycles. The molecule has 0 fully saturated rings.